The SMILES string of the molecule is O=C(COC(=O)c1ccccc1Cl)N[C@H](c1ccccc1)c1cccs1. The third-order valence-corrected chi connectivity index (χ3v) is 4.96. The Hall–Kier alpha value is -2.63. The van der Waals surface area contributed by atoms with Gasteiger partial charge in [0.2, 0.25) is 0 Å². The number of nitrogens with one attached hydrogen (secondary N) is 1. The quantitative estimate of drug-likeness (QED) is 0.637. The summed E-state index contributed by atoms with van der Waals surface area (Å²) in [7, 11) is 0. The molecule has 0 fully saturated rings. The van der Waals surface area contributed by atoms with Crippen LogP contribution in [0.1, 0.15) is 26.8 Å². The lowest BCUT2D eigenvalue weighted by atomic mass is 10.1. The van der Waals surface area contributed by atoms with Crippen molar-refractivity contribution in [2.75, 3.05) is 6.61 Å². The van der Waals surface area contributed by atoms with E-state index in [1.54, 1.807) is 35.6 Å². The molecule has 3 aromatic rings. The van der Waals surface area contributed by atoms with E-state index in [1.807, 2.05) is 47.8 Å². The Balaban J connectivity index is 1.65. The van der Waals surface area contributed by atoms with Crippen LogP contribution in [0, 0.1) is 0 Å². The van der Waals surface area contributed by atoms with Crippen molar-refractivity contribution in [1.82, 2.24) is 5.32 Å². The number of hydrogen-bond acceptors (Lipinski definition) is 4. The molecule has 1 N–H and O–H groups in total. The highest BCUT2D eigenvalue weighted by Gasteiger charge is 2.19. The summed E-state index contributed by atoms with van der Waals surface area (Å²) in [5.74, 6) is -1.01. The van der Waals surface area contributed by atoms with Crippen LogP contribution >= 0.6 is 22.9 Å². The molecule has 1 aromatic heterocycles. The lowest BCUT2D eigenvalue weighted by Gasteiger charge is -2.18. The second kappa shape index (κ2) is 8.65. The highest BCUT2D eigenvalue weighted by Crippen LogP contribution is 2.25. The number of thiophene rings is 1. The number of ether oxygens (including phenoxy) is 1. The number of esters is 1. The number of benzene rings is 2. The standard InChI is InChI=1S/C20H16ClNO3S/c21-16-10-5-4-9-15(16)20(24)25-13-18(23)22-19(17-11-6-12-26-17)14-7-2-1-3-8-14/h1-12,19H,13H2,(H,22,23)/t19-/m1/s1. The fourth-order valence-corrected chi connectivity index (χ4v) is 3.47. The molecular weight excluding hydrogens is 370 g/mol. The van der Waals surface area contributed by atoms with E-state index in [9.17, 15) is 9.59 Å². The molecule has 0 saturated carbocycles. The van der Waals surface area contributed by atoms with Crippen molar-refractivity contribution in [3.05, 3.63) is 93.1 Å². The highest BCUT2D eigenvalue weighted by molar-refractivity contribution is 7.10. The molecule has 0 bridgehead atoms. The molecule has 1 amide bonds. The number of hydrogen-bond donors (Lipinski definition) is 1. The average Bonchev–Trinajstić information content (AvgIpc) is 3.19. The van der Waals surface area contributed by atoms with Gasteiger partial charge in [0.25, 0.3) is 5.91 Å². The topological polar surface area (TPSA) is 55.4 Å². The number of carbonyl (C=O) groups is 2. The molecule has 1 atom stereocenters. The first kappa shape index (κ1) is 18.2. The van der Waals surface area contributed by atoms with Gasteiger partial charge >= 0.3 is 5.97 Å². The first-order chi connectivity index (χ1) is 12.6. The maximum Gasteiger partial charge on any atom is 0.340 e. The van der Waals surface area contributed by atoms with Gasteiger partial charge in [-0.05, 0) is 29.1 Å². The maximum absolute atomic E-state index is 12.3. The van der Waals surface area contributed by atoms with E-state index < -0.39 is 5.97 Å². The van der Waals surface area contributed by atoms with E-state index in [0.29, 0.717) is 5.02 Å². The van der Waals surface area contributed by atoms with E-state index in [1.165, 1.54) is 0 Å². The van der Waals surface area contributed by atoms with Crippen LogP contribution in [0.25, 0.3) is 0 Å². The molecule has 0 saturated heterocycles. The molecular formula is C20H16ClNO3S. The van der Waals surface area contributed by atoms with Crippen molar-refractivity contribution in [3.8, 4) is 0 Å². The summed E-state index contributed by atoms with van der Waals surface area (Å²) < 4.78 is 5.09. The Morgan fingerprint density at radius 3 is 2.42 bits per heavy atom. The van der Waals surface area contributed by atoms with Crippen molar-refractivity contribution in [3.63, 3.8) is 0 Å². The van der Waals surface area contributed by atoms with E-state index in [-0.39, 0.29) is 24.1 Å². The largest absolute Gasteiger partial charge is 0.452 e. The van der Waals surface area contributed by atoms with Crippen LogP contribution < -0.4 is 5.32 Å². The summed E-state index contributed by atoms with van der Waals surface area (Å²) in [5, 5.41) is 5.16. The zero-order valence-corrected chi connectivity index (χ0v) is 15.3. The summed E-state index contributed by atoms with van der Waals surface area (Å²) in [6.45, 7) is -0.376. The average molecular weight is 386 g/mol. The lowest BCUT2D eigenvalue weighted by Crippen LogP contribution is -2.32. The van der Waals surface area contributed by atoms with Gasteiger partial charge in [-0.2, -0.15) is 0 Å². The molecule has 26 heavy (non-hydrogen) atoms. The first-order valence-electron chi connectivity index (χ1n) is 7.94. The molecule has 4 nitrogen and oxygen atoms in total. The van der Waals surface area contributed by atoms with Gasteiger partial charge in [-0.15, -0.1) is 11.3 Å². The van der Waals surface area contributed by atoms with Crippen LogP contribution in [0.4, 0.5) is 0 Å². The van der Waals surface area contributed by atoms with Gasteiger partial charge in [-0.1, -0.05) is 60.1 Å². The van der Waals surface area contributed by atoms with Gasteiger partial charge in [-0.3, -0.25) is 4.79 Å². The summed E-state index contributed by atoms with van der Waals surface area (Å²) in [5.41, 5.74) is 1.19. The Labute approximate surface area is 160 Å². The Kier molecular flexibility index (Phi) is 6.04. The molecule has 0 unspecified atom stereocenters. The third kappa shape index (κ3) is 4.50. The summed E-state index contributed by atoms with van der Waals surface area (Å²) in [6.07, 6.45) is 0. The van der Waals surface area contributed by atoms with Crippen LogP contribution in [-0.2, 0) is 9.53 Å². The van der Waals surface area contributed by atoms with Crippen molar-refractivity contribution in [2.24, 2.45) is 0 Å². The smallest absolute Gasteiger partial charge is 0.340 e. The van der Waals surface area contributed by atoms with Crippen LogP contribution in [0.15, 0.2) is 72.1 Å². The molecule has 1 heterocycles. The van der Waals surface area contributed by atoms with E-state index in [2.05, 4.69) is 5.32 Å². The Morgan fingerprint density at radius 1 is 1.00 bits per heavy atom. The second-order valence-electron chi connectivity index (χ2n) is 5.48. The maximum atomic E-state index is 12.3. The van der Waals surface area contributed by atoms with Crippen molar-refractivity contribution in [2.45, 2.75) is 6.04 Å². The van der Waals surface area contributed by atoms with Gasteiger partial charge in [0.05, 0.1) is 16.6 Å². The van der Waals surface area contributed by atoms with Gasteiger partial charge in [-0.25, -0.2) is 4.79 Å². The number of carbonyl (C=O) groups excluding carboxylic acids is 2. The minimum atomic E-state index is -0.627. The number of halogens is 1. The van der Waals surface area contributed by atoms with Crippen molar-refractivity contribution >= 4 is 34.8 Å². The van der Waals surface area contributed by atoms with Crippen molar-refractivity contribution in [1.29, 1.82) is 0 Å². The predicted molar refractivity (Wildman–Crippen MR) is 102 cm³/mol. The molecule has 0 radical (unpaired) electrons. The molecule has 0 aliphatic rings. The monoisotopic (exact) mass is 385 g/mol. The van der Waals surface area contributed by atoms with Gasteiger partial charge < -0.3 is 10.1 Å². The lowest BCUT2D eigenvalue weighted by molar-refractivity contribution is -0.124. The highest BCUT2D eigenvalue weighted by atomic mass is 35.5. The Morgan fingerprint density at radius 2 is 1.73 bits per heavy atom. The molecule has 0 spiro atoms. The summed E-state index contributed by atoms with van der Waals surface area (Å²) in [4.78, 5) is 25.4. The first-order valence-corrected chi connectivity index (χ1v) is 9.20. The molecule has 6 heteroatoms. The number of rotatable bonds is 6. The zero-order valence-electron chi connectivity index (χ0n) is 13.7. The van der Waals surface area contributed by atoms with Gasteiger partial charge in [0.15, 0.2) is 6.61 Å². The van der Waals surface area contributed by atoms with E-state index >= 15 is 0 Å². The summed E-state index contributed by atoms with van der Waals surface area (Å²) in [6, 6.07) is 19.8. The molecule has 2 aromatic carbocycles. The van der Waals surface area contributed by atoms with Gasteiger partial charge in [0, 0.05) is 4.88 Å². The van der Waals surface area contributed by atoms with E-state index in [0.717, 1.165) is 10.4 Å². The van der Waals surface area contributed by atoms with Crippen molar-refractivity contribution < 1.29 is 14.3 Å². The molecule has 132 valence electrons. The second-order valence-corrected chi connectivity index (χ2v) is 6.87. The normalized spacial score (nSPS) is 11.6. The van der Waals surface area contributed by atoms with Crippen LogP contribution in [0.3, 0.4) is 0 Å². The third-order valence-electron chi connectivity index (χ3n) is 3.69. The van der Waals surface area contributed by atoms with Crippen LogP contribution in [0.2, 0.25) is 5.02 Å². The number of amides is 1. The minimum Gasteiger partial charge on any atom is -0.452 e. The molecule has 0 aliphatic heterocycles. The summed E-state index contributed by atoms with van der Waals surface area (Å²) >= 11 is 7.52. The zero-order chi connectivity index (χ0) is 18.4. The molecule has 0 aliphatic carbocycles. The van der Waals surface area contributed by atoms with Gasteiger partial charge in [0.1, 0.15) is 0 Å². The van der Waals surface area contributed by atoms with Crippen LogP contribution in [-0.4, -0.2) is 18.5 Å². The minimum absolute atomic E-state index is 0.236. The Bertz CT molecular complexity index is 881. The van der Waals surface area contributed by atoms with E-state index in [4.69, 9.17) is 16.3 Å². The molecule has 3 rings (SSSR count). The predicted octanol–water partition coefficient (Wildman–Crippen LogP) is 4.46. The fraction of sp³-hybridized carbons (Fsp3) is 0.100. The fourth-order valence-electron chi connectivity index (χ4n) is 2.46. The van der Waals surface area contributed by atoms with Crippen LogP contribution in [0.5, 0.6) is 0 Å².